The second-order valence-electron chi connectivity index (χ2n) is 5.67. The Hall–Kier alpha value is -0.460. The van der Waals surface area contributed by atoms with E-state index in [4.69, 9.17) is 9.47 Å². The number of thiophene rings is 1. The average Bonchev–Trinajstić information content (AvgIpc) is 2.81. The summed E-state index contributed by atoms with van der Waals surface area (Å²) in [6.07, 6.45) is 0.743. The summed E-state index contributed by atoms with van der Waals surface area (Å²) in [4.78, 5) is 2.72. The molecule has 2 atom stereocenters. The summed E-state index contributed by atoms with van der Waals surface area (Å²) in [7, 11) is 0. The van der Waals surface area contributed by atoms with Crippen molar-refractivity contribution in [3.05, 3.63) is 21.9 Å². The van der Waals surface area contributed by atoms with E-state index in [-0.39, 0.29) is 6.10 Å². The number of aliphatic hydroxyl groups excluding tert-OH is 1. The maximum Gasteiger partial charge on any atom is 0.0897 e. The molecule has 21 heavy (non-hydrogen) atoms. The number of aryl methyl sites for hydroxylation is 1. The number of ether oxygens (including phenoxy) is 2. The first-order valence-electron chi connectivity index (χ1n) is 7.63. The van der Waals surface area contributed by atoms with Crippen molar-refractivity contribution in [3.8, 4) is 0 Å². The molecule has 4 nitrogen and oxygen atoms in total. The summed E-state index contributed by atoms with van der Waals surface area (Å²) in [5.74, 6) is 0. The zero-order valence-electron chi connectivity index (χ0n) is 13.6. The van der Waals surface area contributed by atoms with Gasteiger partial charge in [0.25, 0.3) is 0 Å². The molecule has 0 aliphatic heterocycles. The van der Waals surface area contributed by atoms with Crippen molar-refractivity contribution in [2.75, 3.05) is 26.4 Å². The molecule has 0 amide bonds. The first-order chi connectivity index (χ1) is 9.97. The van der Waals surface area contributed by atoms with Gasteiger partial charge in [-0.05, 0) is 46.2 Å². The van der Waals surface area contributed by atoms with Crippen molar-refractivity contribution in [2.45, 2.75) is 52.4 Å². The minimum Gasteiger partial charge on any atom is -0.389 e. The van der Waals surface area contributed by atoms with Gasteiger partial charge in [0.1, 0.15) is 0 Å². The van der Waals surface area contributed by atoms with Gasteiger partial charge in [0, 0.05) is 22.3 Å². The topological polar surface area (TPSA) is 50.7 Å². The first kappa shape index (κ1) is 18.6. The van der Waals surface area contributed by atoms with Gasteiger partial charge in [-0.15, -0.1) is 11.3 Å². The fraction of sp³-hybridized carbons (Fsp3) is 0.750. The summed E-state index contributed by atoms with van der Waals surface area (Å²) in [5.41, 5.74) is 0. The minimum atomic E-state index is -0.475. The van der Waals surface area contributed by atoms with Crippen LogP contribution in [0.3, 0.4) is 0 Å². The third-order valence-corrected chi connectivity index (χ3v) is 4.02. The molecule has 122 valence electrons. The van der Waals surface area contributed by atoms with Crippen molar-refractivity contribution < 1.29 is 14.6 Å². The summed E-state index contributed by atoms with van der Waals surface area (Å²) >= 11 is 1.83. The zero-order chi connectivity index (χ0) is 15.7. The molecule has 0 fully saturated rings. The highest BCUT2D eigenvalue weighted by atomic mass is 32.1. The van der Waals surface area contributed by atoms with Crippen LogP contribution in [0.2, 0.25) is 0 Å². The van der Waals surface area contributed by atoms with Crippen molar-refractivity contribution in [2.24, 2.45) is 0 Å². The Labute approximate surface area is 132 Å². The van der Waals surface area contributed by atoms with E-state index in [1.165, 1.54) is 9.75 Å². The fourth-order valence-corrected chi connectivity index (χ4v) is 2.95. The summed E-state index contributed by atoms with van der Waals surface area (Å²) in [6, 6.07) is 4.67. The van der Waals surface area contributed by atoms with Crippen LogP contribution in [-0.2, 0) is 15.9 Å². The number of nitrogens with one attached hydrogen (secondary N) is 1. The predicted molar refractivity (Wildman–Crippen MR) is 88.1 cm³/mol. The lowest BCUT2D eigenvalue weighted by molar-refractivity contribution is -0.0104. The standard InChI is InChI=1S/C16H29NO3S/c1-12(2)20-8-7-19-11-15(18)10-17-13(3)9-16-6-5-14(4)21-16/h5-6,12-13,15,17-18H,7-11H2,1-4H3. The highest BCUT2D eigenvalue weighted by molar-refractivity contribution is 7.11. The van der Waals surface area contributed by atoms with Crippen molar-refractivity contribution in [1.82, 2.24) is 5.32 Å². The van der Waals surface area contributed by atoms with Crippen LogP contribution in [0.1, 0.15) is 30.5 Å². The average molecular weight is 315 g/mol. The van der Waals surface area contributed by atoms with Gasteiger partial charge in [-0.2, -0.15) is 0 Å². The normalized spacial score (nSPS) is 14.6. The predicted octanol–water partition coefficient (Wildman–Crippen LogP) is 2.38. The van der Waals surface area contributed by atoms with Crippen LogP contribution in [0.4, 0.5) is 0 Å². The molecule has 0 aliphatic rings. The quantitative estimate of drug-likeness (QED) is 0.616. The number of hydrogen-bond donors (Lipinski definition) is 2. The van der Waals surface area contributed by atoms with Gasteiger partial charge in [-0.3, -0.25) is 0 Å². The maximum absolute atomic E-state index is 9.85. The second kappa shape index (κ2) is 10.3. The Balaban J connectivity index is 2.05. The zero-order valence-corrected chi connectivity index (χ0v) is 14.4. The lowest BCUT2D eigenvalue weighted by Gasteiger charge is -2.17. The van der Waals surface area contributed by atoms with Gasteiger partial charge in [-0.25, -0.2) is 0 Å². The van der Waals surface area contributed by atoms with Gasteiger partial charge in [0.05, 0.1) is 32.0 Å². The molecular weight excluding hydrogens is 286 g/mol. The van der Waals surface area contributed by atoms with E-state index in [1.807, 2.05) is 25.2 Å². The highest BCUT2D eigenvalue weighted by Crippen LogP contribution is 2.16. The monoisotopic (exact) mass is 315 g/mol. The molecule has 1 aromatic heterocycles. The van der Waals surface area contributed by atoms with Crippen LogP contribution in [0.5, 0.6) is 0 Å². The fourth-order valence-electron chi connectivity index (χ4n) is 1.93. The van der Waals surface area contributed by atoms with Crippen molar-refractivity contribution in [1.29, 1.82) is 0 Å². The smallest absolute Gasteiger partial charge is 0.0897 e. The second-order valence-corrected chi connectivity index (χ2v) is 7.05. The Morgan fingerprint density at radius 1 is 1.24 bits per heavy atom. The Morgan fingerprint density at radius 2 is 2.00 bits per heavy atom. The van der Waals surface area contributed by atoms with Gasteiger partial charge in [-0.1, -0.05) is 0 Å². The lowest BCUT2D eigenvalue weighted by atomic mass is 10.2. The molecule has 2 N–H and O–H groups in total. The van der Waals surface area contributed by atoms with E-state index in [1.54, 1.807) is 0 Å². The molecule has 0 saturated heterocycles. The van der Waals surface area contributed by atoms with E-state index in [0.29, 0.717) is 32.4 Å². The van der Waals surface area contributed by atoms with Crippen molar-refractivity contribution >= 4 is 11.3 Å². The third kappa shape index (κ3) is 9.22. The van der Waals surface area contributed by atoms with E-state index < -0.39 is 6.10 Å². The molecule has 1 aromatic rings. The largest absolute Gasteiger partial charge is 0.389 e. The van der Waals surface area contributed by atoms with Crippen LogP contribution < -0.4 is 5.32 Å². The SMILES string of the molecule is Cc1ccc(CC(C)NCC(O)COCCOC(C)C)s1. The maximum atomic E-state index is 9.85. The third-order valence-electron chi connectivity index (χ3n) is 2.99. The molecule has 1 rings (SSSR count). The van der Waals surface area contributed by atoms with Crippen LogP contribution in [0.25, 0.3) is 0 Å². The van der Waals surface area contributed by atoms with Gasteiger partial charge in [0.2, 0.25) is 0 Å². The van der Waals surface area contributed by atoms with Crippen molar-refractivity contribution in [3.63, 3.8) is 0 Å². The molecule has 0 saturated carbocycles. The van der Waals surface area contributed by atoms with E-state index in [9.17, 15) is 5.11 Å². The molecule has 1 heterocycles. The Bertz CT molecular complexity index is 381. The minimum absolute atomic E-state index is 0.224. The van der Waals surface area contributed by atoms with E-state index in [2.05, 4.69) is 31.3 Å². The van der Waals surface area contributed by atoms with Gasteiger partial charge in [0.15, 0.2) is 0 Å². The lowest BCUT2D eigenvalue weighted by Crippen LogP contribution is -2.37. The molecular formula is C16H29NO3S. The number of hydrogen-bond acceptors (Lipinski definition) is 5. The molecule has 0 aliphatic carbocycles. The van der Waals surface area contributed by atoms with Crippen LogP contribution >= 0.6 is 11.3 Å². The van der Waals surface area contributed by atoms with Crippen LogP contribution in [-0.4, -0.2) is 49.7 Å². The summed E-state index contributed by atoms with van der Waals surface area (Å²) < 4.78 is 10.8. The molecule has 0 aromatic carbocycles. The van der Waals surface area contributed by atoms with Crippen LogP contribution in [0, 0.1) is 6.92 Å². The number of rotatable bonds is 11. The van der Waals surface area contributed by atoms with Crippen LogP contribution in [0.15, 0.2) is 12.1 Å². The summed E-state index contributed by atoms with van der Waals surface area (Å²) in [6.45, 7) is 10.3. The van der Waals surface area contributed by atoms with E-state index in [0.717, 1.165) is 6.42 Å². The van der Waals surface area contributed by atoms with Gasteiger partial charge >= 0.3 is 0 Å². The highest BCUT2D eigenvalue weighted by Gasteiger charge is 2.09. The molecule has 2 unspecified atom stereocenters. The summed E-state index contributed by atoms with van der Waals surface area (Å²) in [5, 5.41) is 13.2. The Kier molecular flexibility index (Phi) is 9.11. The molecule has 0 radical (unpaired) electrons. The first-order valence-corrected chi connectivity index (χ1v) is 8.45. The molecule has 5 heteroatoms. The van der Waals surface area contributed by atoms with Gasteiger partial charge < -0.3 is 19.9 Å². The Morgan fingerprint density at radius 3 is 2.62 bits per heavy atom. The number of aliphatic hydroxyl groups is 1. The van der Waals surface area contributed by atoms with E-state index >= 15 is 0 Å². The molecule has 0 spiro atoms. The molecule has 0 bridgehead atoms.